The molecular weight excluding hydrogens is 268 g/mol. The second kappa shape index (κ2) is 8.96. The highest BCUT2D eigenvalue weighted by atomic mass is 32.2. The summed E-state index contributed by atoms with van der Waals surface area (Å²) in [7, 11) is -3.10. The smallest absolute Gasteiger partial charge is 0.211 e. The highest BCUT2D eigenvalue weighted by Crippen LogP contribution is 2.10. The van der Waals surface area contributed by atoms with Crippen molar-refractivity contribution in [2.45, 2.75) is 31.7 Å². The maximum atomic E-state index is 11.7. The van der Waals surface area contributed by atoms with Crippen LogP contribution < -0.4 is 10.0 Å². The molecule has 0 aliphatic carbocycles. The highest BCUT2D eigenvalue weighted by Gasteiger charge is 2.16. The number of sulfonamides is 1. The number of hydrogen-bond acceptors (Lipinski definition) is 4. The lowest BCUT2D eigenvalue weighted by Gasteiger charge is -2.23. The first-order valence-electron chi connectivity index (χ1n) is 6.53. The SMILES string of the molecule is C=CCSCCNS(=O)(=O)CCC1CCCCN1. The predicted octanol–water partition coefficient (Wildman–Crippen LogP) is 1.36. The lowest BCUT2D eigenvalue weighted by Crippen LogP contribution is -2.37. The second-order valence-corrected chi connectivity index (χ2v) is 7.59. The molecule has 6 heteroatoms. The van der Waals surface area contributed by atoms with Gasteiger partial charge in [0.1, 0.15) is 0 Å². The maximum Gasteiger partial charge on any atom is 0.211 e. The van der Waals surface area contributed by atoms with E-state index in [-0.39, 0.29) is 5.75 Å². The van der Waals surface area contributed by atoms with E-state index in [9.17, 15) is 8.42 Å². The van der Waals surface area contributed by atoms with E-state index in [1.807, 2.05) is 6.08 Å². The zero-order valence-corrected chi connectivity index (χ0v) is 12.5. The van der Waals surface area contributed by atoms with Crippen molar-refractivity contribution in [2.24, 2.45) is 0 Å². The van der Waals surface area contributed by atoms with Gasteiger partial charge in [0.2, 0.25) is 10.0 Å². The molecule has 1 aliphatic rings. The molecule has 1 rings (SSSR count). The van der Waals surface area contributed by atoms with Crippen LogP contribution in [-0.2, 0) is 10.0 Å². The van der Waals surface area contributed by atoms with Gasteiger partial charge in [-0.25, -0.2) is 13.1 Å². The molecule has 1 aliphatic heterocycles. The zero-order chi connectivity index (χ0) is 13.3. The van der Waals surface area contributed by atoms with Crippen molar-refractivity contribution in [3.63, 3.8) is 0 Å². The normalized spacial score (nSPS) is 20.8. The van der Waals surface area contributed by atoms with Gasteiger partial charge in [-0.15, -0.1) is 6.58 Å². The topological polar surface area (TPSA) is 58.2 Å². The Kier molecular flexibility index (Phi) is 7.97. The molecule has 1 unspecified atom stereocenters. The number of rotatable bonds is 9. The number of piperidine rings is 1. The molecule has 0 aromatic heterocycles. The van der Waals surface area contributed by atoms with Crippen molar-refractivity contribution in [3.05, 3.63) is 12.7 Å². The van der Waals surface area contributed by atoms with Crippen LogP contribution in [0.3, 0.4) is 0 Å². The summed E-state index contributed by atoms with van der Waals surface area (Å²) in [5.74, 6) is 1.90. The maximum absolute atomic E-state index is 11.7. The van der Waals surface area contributed by atoms with E-state index in [1.165, 1.54) is 12.8 Å². The summed E-state index contributed by atoms with van der Waals surface area (Å²) in [5, 5.41) is 3.37. The van der Waals surface area contributed by atoms with Crippen LogP contribution in [0.1, 0.15) is 25.7 Å². The van der Waals surface area contributed by atoms with E-state index < -0.39 is 10.0 Å². The van der Waals surface area contributed by atoms with Crippen LogP contribution in [0.2, 0.25) is 0 Å². The Morgan fingerprint density at radius 3 is 2.94 bits per heavy atom. The van der Waals surface area contributed by atoms with E-state index in [0.717, 1.165) is 30.9 Å². The molecule has 0 aromatic rings. The summed E-state index contributed by atoms with van der Waals surface area (Å²) < 4.78 is 26.1. The third kappa shape index (κ3) is 7.41. The average molecular weight is 292 g/mol. The summed E-state index contributed by atoms with van der Waals surface area (Å²) in [6.07, 6.45) is 6.07. The summed E-state index contributed by atoms with van der Waals surface area (Å²) >= 11 is 1.68. The highest BCUT2D eigenvalue weighted by molar-refractivity contribution is 7.99. The van der Waals surface area contributed by atoms with Gasteiger partial charge in [0.25, 0.3) is 0 Å². The number of hydrogen-bond donors (Lipinski definition) is 2. The van der Waals surface area contributed by atoms with Crippen LogP contribution in [0.15, 0.2) is 12.7 Å². The quantitative estimate of drug-likeness (QED) is 0.498. The van der Waals surface area contributed by atoms with E-state index in [0.29, 0.717) is 12.6 Å². The lowest BCUT2D eigenvalue weighted by atomic mass is 10.0. The minimum atomic E-state index is -3.10. The van der Waals surface area contributed by atoms with Crippen LogP contribution in [0.25, 0.3) is 0 Å². The largest absolute Gasteiger partial charge is 0.314 e. The van der Waals surface area contributed by atoms with Gasteiger partial charge in [0.05, 0.1) is 5.75 Å². The molecule has 1 saturated heterocycles. The van der Waals surface area contributed by atoms with Crippen molar-refractivity contribution < 1.29 is 8.42 Å². The van der Waals surface area contributed by atoms with E-state index in [1.54, 1.807) is 11.8 Å². The summed E-state index contributed by atoms with van der Waals surface area (Å²) in [6, 6.07) is 0.380. The van der Waals surface area contributed by atoms with Gasteiger partial charge in [0.15, 0.2) is 0 Å². The van der Waals surface area contributed by atoms with Crippen molar-refractivity contribution in [3.8, 4) is 0 Å². The Hall–Kier alpha value is -0.0400. The molecule has 1 heterocycles. The van der Waals surface area contributed by atoms with Gasteiger partial charge in [-0.3, -0.25) is 0 Å². The molecule has 0 saturated carbocycles. The predicted molar refractivity (Wildman–Crippen MR) is 79.6 cm³/mol. The van der Waals surface area contributed by atoms with Gasteiger partial charge < -0.3 is 5.32 Å². The minimum Gasteiger partial charge on any atom is -0.314 e. The third-order valence-corrected chi connectivity index (χ3v) is 5.33. The van der Waals surface area contributed by atoms with Gasteiger partial charge >= 0.3 is 0 Å². The minimum absolute atomic E-state index is 0.233. The Labute approximate surface area is 115 Å². The van der Waals surface area contributed by atoms with Crippen LogP contribution in [-0.4, -0.2) is 44.8 Å². The Morgan fingerprint density at radius 1 is 1.44 bits per heavy atom. The fourth-order valence-electron chi connectivity index (χ4n) is 1.98. The van der Waals surface area contributed by atoms with Crippen LogP contribution in [0.4, 0.5) is 0 Å². The zero-order valence-electron chi connectivity index (χ0n) is 10.9. The fraction of sp³-hybridized carbons (Fsp3) is 0.833. The van der Waals surface area contributed by atoms with Crippen molar-refractivity contribution in [1.82, 2.24) is 10.0 Å². The first kappa shape index (κ1) is 16.0. The lowest BCUT2D eigenvalue weighted by molar-refractivity contribution is 0.392. The van der Waals surface area contributed by atoms with Crippen LogP contribution >= 0.6 is 11.8 Å². The average Bonchev–Trinajstić information content (AvgIpc) is 2.38. The summed E-state index contributed by atoms with van der Waals surface area (Å²) in [4.78, 5) is 0. The van der Waals surface area contributed by atoms with E-state index in [2.05, 4.69) is 16.6 Å². The monoisotopic (exact) mass is 292 g/mol. The first-order chi connectivity index (χ1) is 8.64. The van der Waals surface area contributed by atoms with Crippen LogP contribution in [0.5, 0.6) is 0 Å². The molecule has 0 aromatic carbocycles. The molecule has 0 amide bonds. The van der Waals surface area contributed by atoms with Crippen molar-refractivity contribution in [1.29, 1.82) is 0 Å². The van der Waals surface area contributed by atoms with E-state index in [4.69, 9.17) is 0 Å². The molecule has 2 N–H and O–H groups in total. The fourth-order valence-corrected chi connectivity index (χ4v) is 3.84. The first-order valence-corrected chi connectivity index (χ1v) is 9.34. The molecule has 18 heavy (non-hydrogen) atoms. The van der Waals surface area contributed by atoms with Crippen molar-refractivity contribution >= 4 is 21.8 Å². The Bertz CT molecular complexity index is 325. The van der Waals surface area contributed by atoms with Crippen molar-refractivity contribution in [2.75, 3.05) is 30.3 Å². The molecule has 0 radical (unpaired) electrons. The van der Waals surface area contributed by atoms with E-state index >= 15 is 0 Å². The van der Waals surface area contributed by atoms with Gasteiger partial charge in [-0.2, -0.15) is 11.8 Å². The second-order valence-electron chi connectivity index (χ2n) is 4.51. The van der Waals surface area contributed by atoms with Gasteiger partial charge in [-0.05, 0) is 25.8 Å². The molecule has 0 bridgehead atoms. The third-order valence-electron chi connectivity index (χ3n) is 2.95. The summed E-state index contributed by atoms with van der Waals surface area (Å²) in [6.45, 7) is 5.16. The molecule has 1 atom stereocenters. The molecule has 0 spiro atoms. The number of nitrogens with one attached hydrogen (secondary N) is 2. The van der Waals surface area contributed by atoms with Gasteiger partial charge in [0, 0.05) is 24.1 Å². The molecule has 4 nitrogen and oxygen atoms in total. The molecule has 106 valence electrons. The van der Waals surface area contributed by atoms with Gasteiger partial charge in [-0.1, -0.05) is 12.5 Å². The Morgan fingerprint density at radius 2 is 2.28 bits per heavy atom. The molecule has 1 fully saturated rings. The Balaban J connectivity index is 2.12. The summed E-state index contributed by atoms with van der Waals surface area (Å²) in [5.41, 5.74) is 0. The van der Waals surface area contributed by atoms with Crippen LogP contribution in [0, 0.1) is 0 Å². The molecular formula is C12H24N2O2S2. The standard InChI is InChI=1S/C12H24N2O2S2/c1-2-9-17-10-8-14-18(15,16)11-6-12-5-3-4-7-13-12/h2,12-14H,1,3-11H2. The number of thioether (sulfide) groups is 1.